The van der Waals surface area contributed by atoms with Gasteiger partial charge < -0.3 is 14.5 Å². The van der Waals surface area contributed by atoms with Crippen molar-refractivity contribution in [2.24, 2.45) is 0 Å². The van der Waals surface area contributed by atoms with E-state index in [9.17, 15) is 9.18 Å². The van der Waals surface area contributed by atoms with E-state index in [1.54, 1.807) is 31.5 Å². The number of hydrogen-bond donors (Lipinski definition) is 1. The first-order chi connectivity index (χ1) is 14.1. The quantitative estimate of drug-likeness (QED) is 0.404. The summed E-state index contributed by atoms with van der Waals surface area (Å²) >= 11 is 2.15. The van der Waals surface area contributed by atoms with E-state index in [0.717, 1.165) is 20.4 Å². The Kier molecular flexibility index (Phi) is 5.43. The molecule has 2 heterocycles. The van der Waals surface area contributed by atoms with Crippen molar-refractivity contribution in [3.05, 3.63) is 75.8 Å². The molecule has 0 radical (unpaired) electrons. The van der Waals surface area contributed by atoms with Crippen molar-refractivity contribution >= 4 is 39.3 Å². The van der Waals surface area contributed by atoms with E-state index in [1.807, 2.05) is 18.2 Å². The fourth-order valence-electron chi connectivity index (χ4n) is 2.99. The van der Waals surface area contributed by atoms with Crippen molar-refractivity contribution in [1.29, 1.82) is 0 Å². The first kappa shape index (κ1) is 19.3. The normalized spacial score (nSPS) is 10.9. The maximum atomic E-state index is 13.7. The van der Waals surface area contributed by atoms with Gasteiger partial charge in [-0.2, -0.15) is 0 Å². The van der Waals surface area contributed by atoms with Gasteiger partial charge in [-0.25, -0.2) is 9.37 Å². The molecular formula is C21H15FIN3O3. The van der Waals surface area contributed by atoms with Crippen LogP contribution in [0.2, 0.25) is 0 Å². The number of carbonyl (C=O) groups is 1. The van der Waals surface area contributed by atoms with E-state index in [4.69, 9.17) is 9.15 Å². The maximum absolute atomic E-state index is 13.7. The SMILES string of the molecule is COc1ccc(-c2ocnc2C(=O)NCc2ccc3c(F)cncc3c2)cc1I. The fourth-order valence-corrected chi connectivity index (χ4v) is 3.72. The average Bonchev–Trinajstić information content (AvgIpc) is 3.22. The molecule has 0 fully saturated rings. The largest absolute Gasteiger partial charge is 0.496 e. The van der Waals surface area contributed by atoms with Crippen LogP contribution < -0.4 is 10.1 Å². The predicted octanol–water partition coefficient (Wildman–Crippen LogP) is 4.57. The van der Waals surface area contributed by atoms with Gasteiger partial charge in [0.25, 0.3) is 5.91 Å². The van der Waals surface area contributed by atoms with Gasteiger partial charge in [0, 0.05) is 29.1 Å². The summed E-state index contributed by atoms with van der Waals surface area (Å²) in [6.07, 6.45) is 4.01. The Balaban J connectivity index is 1.53. The summed E-state index contributed by atoms with van der Waals surface area (Å²) in [7, 11) is 1.60. The van der Waals surface area contributed by atoms with Gasteiger partial charge in [-0.05, 0) is 52.4 Å². The standard InChI is InChI=1S/C21H15FIN3O3/c1-28-18-5-3-13(7-17(18)23)20-19(26-11-29-20)21(27)25-8-12-2-4-15-14(6-12)9-24-10-16(15)22/h2-7,9-11H,8H2,1H3,(H,25,27). The predicted molar refractivity (Wildman–Crippen MR) is 114 cm³/mol. The van der Waals surface area contributed by atoms with Crippen LogP contribution in [0.4, 0.5) is 4.39 Å². The van der Waals surface area contributed by atoms with Gasteiger partial charge in [0.15, 0.2) is 17.8 Å². The minimum absolute atomic E-state index is 0.194. The van der Waals surface area contributed by atoms with Crippen molar-refractivity contribution in [3.8, 4) is 17.1 Å². The van der Waals surface area contributed by atoms with Crippen molar-refractivity contribution < 1.29 is 18.3 Å². The first-order valence-corrected chi connectivity index (χ1v) is 9.72. The van der Waals surface area contributed by atoms with Crippen LogP contribution in [-0.2, 0) is 6.54 Å². The van der Waals surface area contributed by atoms with Crippen molar-refractivity contribution in [1.82, 2.24) is 15.3 Å². The number of nitrogens with one attached hydrogen (secondary N) is 1. The summed E-state index contributed by atoms with van der Waals surface area (Å²) in [5.41, 5.74) is 1.74. The molecule has 4 rings (SSSR count). The van der Waals surface area contributed by atoms with Gasteiger partial charge in [-0.15, -0.1) is 0 Å². The average molecular weight is 503 g/mol. The monoisotopic (exact) mass is 503 g/mol. The molecule has 29 heavy (non-hydrogen) atoms. The van der Waals surface area contributed by atoms with Gasteiger partial charge in [-0.1, -0.05) is 12.1 Å². The minimum Gasteiger partial charge on any atom is -0.496 e. The third-order valence-electron chi connectivity index (χ3n) is 4.42. The topological polar surface area (TPSA) is 77.2 Å². The summed E-state index contributed by atoms with van der Waals surface area (Å²) in [6.45, 7) is 0.262. The highest BCUT2D eigenvalue weighted by atomic mass is 127. The zero-order valence-corrected chi connectivity index (χ0v) is 17.4. The molecule has 4 aromatic rings. The lowest BCUT2D eigenvalue weighted by molar-refractivity contribution is 0.0947. The highest BCUT2D eigenvalue weighted by Gasteiger charge is 2.19. The Bertz CT molecular complexity index is 1210. The summed E-state index contributed by atoms with van der Waals surface area (Å²) in [5.74, 6) is 0.381. The third-order valence-corrected chi connectivity index (χ3v) is 5.27. The Morgan fingerprint density at radius 3 is 2.90 bits per heavy atom. The number of carbonyl (C=O) groups excluding carboxylic acids is 1. The van der Waals surface area contributed by atoms with Gasteiger partial charge in [-0.3, -0.25) is 9.78 Å². The number of hydrogen-bond acceptors (Lipinski definition) is 5. The second-order valence-electron chi connectivity index (χ2n) is 6.24. The van der Waals surface area contributed by atoms with Crippen LogP contribution in [0.3, 0.4) is 0 Å². The second kappa shape index (κ2) is 8.16. The smallest absolute Gasteiger partial charge is 0.274 e. The Morgan fingerprint density at radius 2 is 2.10 bits per heavy atom. The molecule has 1 amide bonds. The molecule has 0 aliphatic rings. The summed E-state index contributed by atoms with van der Waals surface area (Å²) < 4.78 is 25.3. The molecule has 2 aromatic heterocycles. The van der Waals surface area contributed by atoms with Crippen LogP contribution in [0, 0.1) is 9.39 Å². The molecular weight excluding hydrogens is 488 g/mol. The van der Waals surface area contributed by atoms with Crippen LogP contribution in [0.25, 0.3) is 22.1 Å². The summed E-state index contributed by atoms with van der Waals surface area (Å²) in [4.78, 5) is 20.6. The van der Waals surface area contributed by atoms with Crippen LogP contribution >= 0.6 is 22.6 Å². The van der Waals surface area contributed by atoms with E-state index in [2.05, 4.69) is 37.9 Å². The van der Waals surface area contributed by atoms with Crippen LogP contribution in [0.15, 0.2) is 59.6 Å². The molecule has 0 saturated heterocycles. The molecule has 8 heteroatoms. The number of amides is 1. The fraction of sp³-hybridized carbons (Fsp3) is 0.0952. The lowest BCUT2D eigenvalue weighted by Gasteiger charge is -2.08. The molecule has 146 valence electrons. The number of nitrogens with zero attached hydrogens (tertiary/aromatic N) is 2. The van der Waals surface area contributed by atoms with Crippen molar-refractivity contribution in [2.45, 2.75) is 6.54 Å². The molecule has 0 unspecified atom stereocenters. The van der Waals surface area contributed by atoms with Crippen LogP contribution in [-0.4, -0.2) is 23.0 Å². The lowest BCUT2D eigenvalue weighted by atomic mass is 10.1. The highest BCUT2D eigenvalue weighted by Crippen LogP contribution is 2.29. The summed E-state index contributed by atoms with van der Waals surface area (Å²) in [5, 5.41) is 3.99. The zero-order valence-electron chi connectivity index (χ0n) is 15.3. The summed E-state index contributed by atoms with van der Waals surface area (Å²) in [6, 6.07) is 10.7. The lowest BCUT2D eigenvalue weighted by Crippen LogP contribution is -2.23. The number of rotatable bonds is 5. The first-order valence-electron chi connectivity index (χ1n) is 8.64. The molecule has 0 aliphatic carbocycles. The number of oxazole rings is 1. The van der Waals surface area contributed by atoms with Gasteiger partial charge in [0.1, 0.15) is 11.6 Å². The van der Waals surface area contributed by atoms with E-state index >= 15 is 0 Å². The number of fused-ring (bicyclic) bond motifs is 1. The number of aromatic nitrogens is 2. The number of halogens is 2. The van der Waals surface area contributed by atoms with Gasteiger partial charge >= 0.3 is 0 Å². The molecule has 0 bridgehead atoms. The van der Waals surface area contributed by atoms with E-state index < -0.39 is 0 Å². The second-order valence-corrected chi connectivity index (χ2v) is 7.40. The number of ether oxygens (including phenoxy) is 1. The highest BCUT2D eigenvalue weighted by molar-refractivity contribution is 14.1. The molecule has 0 aliphatic heterocycles. The van der Waals surface area contributed by atoms with Gasteiger partial charge in [0.2, 0.25) is 0 Å². The number of pyridine rings is 1. The molecule has 1 N–H and O–H groups in total. The number of methoxy groups -OCH3 is 1. The molecule has 0 spiro atoms. The van der Waals surface area contributed by atoms with E-state index in [-0.39, 0.29) is 24.0 Å². The zero-order chi connectivity index (χ0) is 20.4. The van der Waals surface area contributed by atoms with Crippen LogP contribution in [0.5, 0.6) is 5.75 Å². The van der Waals surface area contributed by atoms with Gasteiger partial charge in [0.05, 0.1) is 16.9 Å². The van der Waals surface area contributed by atoms with Crippen LogP contribution in [0.1, 0.15) is 16.1 Å². The molecule has 0 atom stereocenters. The van der Waals surface area contributed by atoms with E-state index in [0.29, 0.717) is 16.5 Å². The Hall–Kier alpha value is -3.01. The van der Waals surface area contributed by atoms with E-state index in [1.165, 1.54) is 12.6 Å². The molecule has 2 aromatic carbocycles. The third kappa shape index (κ3) is 3.93. The van der Waals surface area contributed by atoms with Crippen molar-refractivity contribution in [2.75, 3.05) is 7.11 Å². The minimum atomic E-state index is -0.376. The number of benzene rings is 2. The maximum Gasteiger partial charge on any atom is 0.274 e. The molecule has 0 saturated carbocycles. The van der Waals surface area contributed by atoms with Crippen molar-refractivity contribution in [3.63, 3.8) is 0 Å². The Morgan fingerprint density at radius 1 is 1.24 bits per heavy atom. The Labute approximate surface area is 179 Å². The molecule has 6 nitrogen and oxygen atoms in total.